The van der Waals surface area contributed by atoms with Crippen LogP contribution in [-0.4, -0.2) is 29.7 Å². The number of aliphatic hydroxyl groups is 1. The van der Waals surface area contributed by atoms with Gasteiger partial charge in [0.15, 0.2) is 0 Å². The minimum atomic E-state index is -0.393. The average Bonchev–Trinajstić information content (AvgIpc) is 2.27. The van der Waals surface area contributed by atoms with Crippen molar-refractivity contribution in [2.75, 3.05) is 6.54 Å². The Morgan fingerprint density at radius 3 is 2.50 bits per heavy atom. The molecule has 0 heterocycles. The molecule has 4 heteroatoms. The predicted octanol–water partition coefficient (Wildman–Crippen LogP) is 1.42. The van der Waals surface area contributed by atoms with E-state index in [1.807, 2.05) is 0 Å². The fourth-order valence-electron chi connectivity index (χ4n) is 2.60. The van der Waals surface area contributed by atoms with Gasteiger partial charge >= 0.3 is 0 Å². The van der Waals surface area contributed by atoms with Crippen molar-refractivity contribution in [1.82, 2.24) is 5.32 Å². The van der Waals surface area contributed by atoms with Crippen LogP contribution < -0.4 is 11.1 Å². The SMILES string of the molecule is CC(C)(C)CC(CN)C(=O)N[C@H]1CCCC[C@@H]1O. The van der Waals surface area contributed by atoms with Gasteiger partial charge in [0.25, 0.3) is 0 Å². The summed E-state index contributed by atoms with van der Waals surface area (Å²) >= 11 is 0. The molecule has 106 valence electrons. The molecule has 1 amide bonds. The van der Waals surface area contributed by atoms with Gasteiger partial charge in [0.05, 0.1) is 18.1 Å². The van der Waals surface area contributed by atoms with Crippen LogP contribution in [0.15, 0.2) is 0 Å². The number of nitrogens with two attached hydrogens (primary N) is 1. The van der Waals surface area contributed by atoms with E-state index in [0.29, 0.717) is 6.54 Å². The van der Waals surface area contributed by atoms with Crippen molar-refractivity contribution in [2.45, 2.75) is 65.0 Å². The third kappa shape index (κ3) is 4.94. The van der Waals surface area contributed by atoms with E-state index in [9.17, 15) is 9.90 Å². The summed E-state index contributed by atoms with van der Waals surface area (Å²) in [5.41, 5.74) is 5.79. The van der Waals surface area contributed by atoms with Gasteiger partial charge in [-0.15, -0.1) is 0 Å². The molecule has 0 aliphatic heterocycles. The summed E-state index contributed by atoms with van der Waals surface area (Å²) in [6.07, 6.45) is 4.18. The molecule has 4 nitrogen and oxygen atoms in total. The lowest BCUT2D eigenvalue weighted by atomic mass is 9.83. The number of nitrogens with one attached hydrogen (secondary N) is 1. The first kappa shape index (κ1) is 15.4. The van der Waals surface area contributed by atoms with Crippen LogP contribution in [0.1, 0.15) is 52.9 Å². The molecule has 3 atom stereocenters. The van der Waals surface area contributed by atoms with Gasteiger partial charge in [0.2, 0.25) is 5.91 Å². The third-order valence-corrected chi connectivity index (χ3v) is 3.57. The van der Waals surface area contributed by atoms with Crippen LogP contribution in [0.3, 0.4) is 0 Å². The van der Waals surface area contributed by atoms with E-state index < -0.39 is 6.10 Å². The number of carbonyl (C=O) groups excluding carboxylic acids is 1. The molecule has 1 aliphatic rings. The van der Waals surface area contributed by atoms with E-state index >= 15 is 0 Å². The largest absolute Gasteiger partial charge is 0.391 e. The van der Waals surface area contributed by atoms with E-state index in [2.05, 4.69) is 26.1 Å². The van der Waals surface area contributed by atoms with Gasteiger partial charge in [0.1, 0.15) is 0 Å². The van der Waals surface area contributed by atoms with E-state index in [4.69, 9.17) is 5.73 Å². The molecule has 0 aromatic carbocycles. The topological polar surface area (TPSA) is 75.4 Å². The summed E-state index contributed by atoms with van der Waals surface area (Å²) in [6, 6.07) is -0.0831. The summed E-state index contributed by atoms with van der Waals surface area (Å²) in [6.45, 7) is 6.70. The fraction of sp³-hybridized carbons (Fsp3) is 0.929. The standard InChI is InChI=1S/C14H28N2O2/c1-14(2,3)8-10(9-15)13(18)16-11-6-4-5-7-12(11)17/h10-12,17H,4-9,15H2,1-3H3,(H,16,18)/t10?,11-,12-/m0/s1. The van der Waals surface area contributed by atoms with Gasteiger partial charge in [-0.05, 0) is 24.7 Å². The van der Waals surface area contributed by atoms with E-state index in [1.54, 1.807) is 0 Å². The molecular weight excluding hydrogens is 228 g/mol. The highest BCUT2D eigenvalue weighted by atomic mass is 16.3. The Kier molecular flexibility index (Phi) is 5.60. The lowest BCUT2D eigenvalue weighted by molar-refractivity contribution is -0.127. The Labute approximate surface area is 110 Å². The molecule has 1 rings (SSSR count). The second-order valence-corrected chi connectivity index (χ2v) is 6.66. The van der Waals surface area contributed by atoms with Crippen molar-refractivity contribution in [2.24, 2.45) is 17.1 Å². The molecule has 0 saturated heterocycles. The minimum absolute atomic E-state index is 0.00150. The smallest absolute Gasteiger partial charge is 0.224 e. The molecule has 0 aromatic heterocycles. The zero-order chi connectivity index (χ0) is 13.8. The van der Waals surface area contributed by atoms with Crippen molar-refractivity contribution < 1.29 is 9.90 Å². The van der Waals surface area contributed by atoms with Crippen LogP contribution in [-0.2, 0) is 4.79 Å². The molecule has 0 bridgehead atoms. The first-order valence-electron chi connectivity index (χ1n) is 7.02. The number of hydrogen-bond acceptors (Lipinski definition) is 3. The summed E-state index contributed by atoms with van der Waals surface area (Å²) in [4.78, 5) is 12.2. The average molecular weight is 256 g/mol. The van der Waals surface area contributed by atoms with E-state index in [1.165, 1.54) is 0 Å². The third-order valence-electron chi connectivity index (χ3n) is 3.57. The quantitative estimate of drug-likeness (QED) is 0.712. The number of carbonyl (C=O) groups is 1. The minimum Gasteiger partial charge on any atom is -0.391 e. The monoisotopic (exact) mass is 256 g/mol. The Bertz CT molecular complexity index is 273. The fourth-order valence-corrected chi connectivity index (χ4v) is 2.60. The van der Waals surface area contributed by atoms with Gasteiger partial charge in [-0.25, -0.2) is 0 Å². The highest BCUT2D eigenvalue weighted by molar-refractivity contribution is 5.79. The lowest BCUT2D eigenvalue weighted by Crippen LogP contribution is -2.48. The summed E-state index contributed by atoms with van der Waals surface area (Å²) < 4.78 is 0. The van der Waals surface area contributed by atoms with Crippen molar-refractivity contribution in [1.29, 1.82) is 0 Å². The molecule has 1 saturated carbocycles. The summed E-state index contributed by atoms with van der Waals surface area (Å²) in [5.74, 6) is -0.155. The van der Waals surface area contributed by atoms with Crippen LogP contribution in [0, 0.1) is 11.3 Å². The van der Waals surface area contributed by atoms with Crippen LogP contribution in [0.5, 0.6) is 0 Å². The lowest BCUT2D eigenvalue weighted by Gasteiger charge is -2.31. The first-order valence-corrected chi connectivity index (χ1v) is 7.02. The molecule has 1 unspecified atom stereocenters. The molecule has 0 aromatic rings. The second-order valence-electron chi connectivity index (χ2n) is 6.66. The first-order chi connectivity index (χ1) is 8.33. The summed E-state index contributed by atoms with van der Waals surface area (Å²) in [7, 11) is 0. The summed E-state index contributed by atoms with van der Waals surface area (Å²) in [5, 5.41) is 12.8. The van der Waals surface area contributed by atoms with Gasteiger partial charge < -0.3 is 16.2 Å². The molecule has 18 heavy (non-hydrogen) atoms. The maximum Gasteiger partial charge on any atom is 0.224 e. The normalized spacial score (nSPS) is 26.7. The number of amides is 1. The molecule has 0 spiro atoms. The Balaban J connectivity index is 2.51. The highest BCUT2D eigenvalue weighted by Gasteiger charge is 2.29. The second kappa shape index (κ2) is 6.53. The van der Waals surface area contributed by atoms with E-state index in [0.717, 1.165) is 32.1 Å². The van der Waals surface area contributed by atoms with Gasteiger partial charge in [-0.2, -0.15) is 0 Å². The van der Waals surface area contributed by atoms with Crippen molar-refractivity contribution in [3.05, 3.63) is 0 Å². The Hall–Kier alpha value is -0.610. The van der Waals surface area contributed by atoms with Gasteiger partial charge in [-0.1, -0.05) is 33.6 Å². The van der Waals surface area contributed by atoms with Crippen molar-refractivity contribution in [3.8, 4) is 0 Å². The van der Waals surface area contributed by atoms with Crippen LogP contribution in [0.2, 0.25) is 0 Å². The van der Waals surface area contributed by atoms with Crippen molar-refractivity contribution >= 4 is 5.91 Å². The van der Waals surface area contributed by atoms with Crippen LogP contribution in [0.4, 0.5) is 0 Å². The van der Waals surface area contributed by atoms with Crippen LogP contribution in [0.25, 0.3) is 0 Å². The highest BCUT2D eigenvalue weighted by Crippen LogP contribution is 2.25. The van der Waals surface area contributed by atoms with E-state index in [-0.39, 0.29) is 23.3 Å². The molecule has 1 fully saturated rings. The van der Waals surface area contributed by atoms with Crippen molar-refractivity contribution in [3.63, 3.8) is 0 Å². The molecule has 1 aliphatic carbocycles. The van der Waals surface area contributed by atoms with Gasteiger partial charge in [0, 0.05) is 6.54 Å². The van der Waals surface area contributed by atoms with Crippen LogP contribution >= 0.6 is 0 Å². The zero-order valence-electron chi connectivity index (χ0n) is 11.9. The molecule has 4 N–H and O–H groups in total. The number of aliphatic hydroxyl groups excluding tert-OH is 1. The Morgan fingerprint density at radius 1 is 1.39 bits per heavy atom. The van der Waals surface area contributed by atoms with Gasteiger partial charge in [-0.3, -0.25) is 4.79 Å². The Morgan fingerprint density at radius 2 is 2.00 bits per heavy atom. The predicted molar refractivity (Wildman–Crippen MR) is 73.0 cm³/mol. The molecular formula is C14H28N2O2. The number of hydrogen-bond donors (Lipinski definition) is 3. The number of rotatable bonds is 4. The maximum atomic E-state index is 12.2. The zero-order valence-corrected chi connectivity index (χ0v) is 11.9. The molecule has 0 radical (unpaired) electrons. The maximum absolute atomic E-state index is 12.2.